The third kappa shape index (κ3) is 3.14. The summed E-state index contributed by atoms with van der Waals surface area (Å²) in [7, 11) is 7.61. The molecule has 0 bridgehead atoms. The minimum absolute atomic E-state index is 0.195. The van der Waals surface area contributed by atoms with Crippen LogP contribution >= 0.6 is 0 Å². The standard InChI is InChI=1S/C20H22O7/c1-22-13-8-6-11(10-15(13)24-3)17-20(26-5)16(21)12-7-9-14(23-2)19(25-4)18(12)27-17/h6-10,17,20H,1-5H3. The van der Waals surface area contributed by atoms with Crippen molar-refractivity contribution < 1.29 is 33.2 Å². The molecule has 0 saturated heterocycles. The van der Waals surface area contributed by atoms with E-state index in [0.29, 0.717) is 39.9 Å². The molecule has 0 radical (unpaired) electrons. The highest BCUT2D eigenvalue weighted by molar-refractivity contribution is 6.04. The summed E-state index contributed by atoms with van der Waals surface area (Å²) in [5, 5.41) is 0. The zero-order valence-corrected chi connectivity index (χ0v) is 15.9. The first-order chi connectivity index (χ1) is 13.1. The molecule has 2 unspecified atom stereocenters. The van der Waals surface area contributed by atoms with Crippen LogP contribution in [0.15, 0.2) is 30.3 Å². The van der Waals surface area contributed by atoms with Gasteiger partial charge in [-0.15, -0.1) is 0 Å². The molecular weight excluding hydrogens is 352 g/mol. The van der Waals surface area contributed by atoms with E-state index < -0.39 is 12.2 Å². The maximum atomic E-state index is 13.0. The van der Waals surface area contributed by atoms with Crippen LogP contribution in [0, 0.1) is 0 Å². The van der Waals surface area contributed by atoms with Crippen molar-refractivity contribution in [2.75, 3.05) is 35.5 Å². The second-order valence-corrected chi connectivity index (χ2v) is 5.85. The Morgan fingerprint density at radius 1 is 0.815 bits per heavy atom. The van der Waals surface area contributed by atoms with Gasteiger partial charge in [0.15, 0.2) is 41.0 Å². The van der Waals surface area contributed by atoms with Gasteiger partial charge in [0.25, 0.3) is 0 Å². The number of ether oxygens (including phenoxy) is 6. The second kappa shape index (κ2) is 7.75. The fourth-order valence-electron chi connectivity index (χ4n) is 3.19. The van der Waals surface area contributed by atoms with E-state index in [1.54, 1.807) is 38.5 Å². The predicted molar refractivity (Wildman–Crippen MR) is 97.6 cm³/mol. The van der Waals surface area contributed by atoms with Crippen LogP contribution in [-0.4, -0.2) is 47.4 Å². The van der Waals surface area contributed by atoms with E-state index in [-0.39, 0.29) is 5.78 Å². The Kier molecular flexibility index (Phi) is 5.41. The first-order valence-corrected chi connectivity index (χ1v) is 8.30. The Morgan fingerprint density at radius 3 is 2.07 bits per heavy atom. The summed E-state index contributed by atoms with van der Waals surface area (Å²) in [6.07, 6.45) is -1.50. The van der Waals surface area contributed by atoms with E-state index in [1.165, 1.54) is 21.3 Å². The van der Waals surface area contributed by atoms with Crippen molar-refractivity contribution in [2.24, 2.45) is 0 Å². The largest absolute Gasteiger partial charge is 0.493 e. The second-order valence-electron chi connectivity index (χ2n) is 5.85. The van der Waals surface area contributed by atoms with E-state index in [4.69, 9.17) is 28.4 Å². The topological polar surface area (TPSA) is 72.5 Å². The molecule has 0 amide bonds. The number of benzene rings is 2. The molecule has 7 nitrogen and oxygen atoms in total. The zero-order valence-electron chi connectivity index (χ0n) is 15.9. The van der Waals surface area contributed by atoms with Crippen LogP contribution in [0.25, 0.3) is 0 Å². The molecule has 2 aromatic carbocycles. The Bertz CT molecular complexity index is 846. The Morgan fingerprint density at radius 2 is 1.48 bits per heavy atom. The molecule has 1 aliphatic heterocycles. The number of carbonyl (C=O) groups excluding carboxylic acids is 1. The van der Waals surface area contributed by atoms with Crippen molar-refractivity contribution in [1.29, 1.82) is 0 Å². The van der Waals surface area contributed by atoms with Crippen molar-refractivity contribution in [3.63, 3.8) is 0 Å². The smallest absolute Gasteiger partial charge is 0.204 e. The molecule has 144 valence electrons. The monoisotopic (exact) mass is 374 g/mol. The Hall–Kier alpha value is -2.93. The van der Waals surface area contributed by atoms with Gasteiger partial charge in [-0.05, 0) is 29.8 Å². The Balaban J connectivity index is 2.12. The van der Waals surface area contributed by atoms with Crippen LogP contribution in [0.2, 0.25) is 0 Å². The summed E-state index contributed by atoms with van der Waals surface area (Å²) in [6, 6.07) is 8.65. The molecule has 0 fully saturated rings. The van der Waals surface area contributed by atoms with Gasteiger partial charge >= 0.3 is 0 Å². The van der Waals surface area contributed by atoms with Gasteiger partial charge in [0.05, 0.1) is 34.0 Å². The van der Waals surface area contributed by atoms with Crippen LogP contribution in [0.5, 0.6) is 28.7 Å². The molecular formula is C20H22O7. The lowest BCUT2D eigenvalue weighted by Crippen LogP contribution is -2.38. The van der Waals surface area contributed by atoms with Crippen molar-refractivity contribution in [3.05, 3.63) is 41.5 Å². The average Bonchev–Trinajstić information content (AvgIpc) is 2.71. The van der Waals surface area contributed by atoms with Crippen LogP contribution in [0.1, 0.15) is 22.0 Å². The summed E-state index contributed by atoms with van der Waals surface area (Å²) in [5.74, 6) is 2.09. The SMILES string of the molecule is COc1ccc(C2Oc3c(ccc(OC)c3OC)C(=O)C2OC)cc1OC. The minimum Gasteiger partial charge on any atom is -0.493 e. The van der Waals surface area contributed by atoms with Gasteiger partial charge < -0.3 is 28.4 Å². The molecule has 2 aromatic rings. The van der Waals surface area contributed by atoms with Gasteiger partial charge in [-0.1, -0.05) is 6.07 Å². The first-order valence-electron chi connectivity index (χ1n) is 8.30. The molecule has 0 aliphatic carbocycles. The van der Waals surface area contributed by atoms with Gasteiger partial charge in [-0.3, -0.25) is 4.79 Å². The molecule has 1 aliphatic rings. The quantitative estimate of drug-likeness (QED) is 0.769. The molecule has 0 N–H and O–H groups in total. The molecule has 0 aromatic heterocycles. The minimum atomic E-state index is -0.811. The number of ketones is 1. The van der Waals surface area contributed by atoms with Crippen molar-refractivity contribution in [1.82, 2.24) is 0 Å². The number of Topliss-reactive ketones (excluding diaryl/α,β-unsaturated/α-hetero) is 1. The third-order valence-corrected chi connectivity index (χ3v) is 4.53. The summed E-state index contributed by atoms with van der Waals surface area (Å²) in [6.45, 7) is 0. The molecule has 0 saturated carbocycles. The van der Waals surface area contributed by atoms with Gasteiger partial charge in [-0.25, -0.2) is 0 Å². The lowest BCUT2D eigenvalue weighted by Gasteiger charge is -2.33. The highest BCUT2D eigenvalue weighted by atomic mass is 16.6. The fraction of sp³-hybridized carbons (Fsp3) is 0.350. The molecule has 2 atom stereocenters. The van der Waals surface area contributed by atoms with Gasteiger partial charge in [-0.2, -0.15) is 0 Å². The lowest BCUT2D eigenvalue weighted by atomic mass is 9.92. The summed E-state index contributed by atoms with van der Waals surface area (Å²) in [4.78, 5) is 13.0. The average molecular weight is 374 g/mol. The molecule has 27 heavy (non-hydrogen) atoms. The number of rotatable bonds is 6. The van der Waals surface area contributed by atoms with Crippen LogP contribution in [-0.2, 0) is 4.74 Å². The van der Waals surface area contributed by atoms with Gasteiger partial charge in [0.1, 0.15) is 0 Å². The highest BCUT2D eigenvalue weighted by Crippen LogP contribution is 2.47. The van der Waals surface area contributed by atoms with Crippen molar-refractivity contribution >= 4 is 5.78 Å². The number of hydrogen-bond acceptors (Lipinski definition) is 7. The molecule has 1 heterocycles. The lowest BCUT2D eigenvalue weighted by molar-refractivity contribution is -0.00183. The zero-order chi connectivity index (χ0) is 19.6. The third-order valence-electron chi connectivity index (χ3n) is 4.53. The summed E-state index contributed by atoms with van der Waals surface area (Å²) >= 11 is 0. The van der Waals surface area contributed by atoms with Crippen molar-refractivity contribution in [3.8, 4) is 28.7 Å². The predicted octanol–water partition coefficient (Wildman–Crippen LogP) is 3.05. The number of methoxy groups -OCH3 is 5. The van der Waals surface area contributed by atoms with E-state index in [1.807, 2.05) is 6.07 Å². The van der Waals surface area contributed by atoms with Crippen LogP contribution in [0.3, 0.4) is 0 Å². The molecule has 7 heteroatoms. The number of hydrogen-bond donors (Lipinski definition) is 0. The van der Waals surface area contributed by atoms with Gasteiger partial charge in [0.2, 0.25) is 5.75 Å². The number of fused-ring (bicyclic) bond motifs is 1. The molecule has 0 spiro atoms. The van der Waals surface area contributed by atoms with Gasteiger partial charge in [0, 0.05) is 7.11 Å². The van der Waals surface area contributed by atoms with Crippen LogP contribution < -0.4 is 23.7 Å². The van der Waals surface area contributed by atoms with E-state index in [2.05, 4.69) is 0 Å². The van der Waals surface area contributed by atoms with Crippen LogP contribution in [0.4, 0.5) is 0 Å². The normalized spacial score (nSPS) is 18.3. The van der Waals surface area contributed by atoms with E-state index in [0.717, 1.165) is 0 Å². The fourth-order valence-corrected chi connectivity index (χ4v) is 3.19. The van der Waals surface area contributed by atoms with E-state index >= 15 is 0 Å². The Labute approximate surface area is 157 Å². The summed E-state index contributed by atoms with van der Waals surface area (Å²) in [5.41, 5.74) is 1.10. The highest BCUT2D eigenvalue weighted by Gasteiger charge is 2.41. The molecule has 3 rings (SSSR count). The van der Waals surface area contributed by atoms with E-state index in [9.17, 15) is 4.79 Å². The number of carbonyl (C=O) groups is 1. The maximum Gasteiger partial charge on any atom is 0.204 e. The summed E-state index contributed by atoms with van der Waals surface area (Å²) < 4.78 is 33.0. The van der Waals surface area contributed by atoms with Crippen molar-refractivity contribution in [2.45, 2.75) is 12.2 Å². The first kappa shape index (κ1) is 18.8. The maximum absolute atomic E-state index is 13.0.